The van der Waals surface area contributed by atoms with Crippen LogP contribution in [0.4, 0.5) is 27.5 Å². The fourth-order valence-electron chi connectivity index (χ4n) is 4.67. The first-order valence-corrected chi connectivity index (χ1v) is 11.6. The van der Waals surface area contributed by atoms with Crippen LogP contribution in [0, 0.1) is 5.82 Å². The summed E-state index contributed by atoms with van der Waals surface area (Å²) in [6.07, 6.45) is 7.29. The second kappa shape index (κ2) is 9.43. The van der Waals surface area contributed by atoms with E-state index in [1.807, 2.05) is 12.3 Å². The smallest absolute Gasteiger partial charge is 0.252 e. The van der Waals surface area contributed by atoms with Gasteiger partial charge in [-0.05, 0) is 25.0 Å². The minimum absolute atomic E-state index is 0.0399. The summed E-state index contributed by atoms with van der Waals surface area (Å²) >= 11 is 0. The number of nitrogens with one attached hydrogen (secondary N) is 3. The standard InChI is InChI=1S/C23H29FN8O2/c24-15-11-14(20(26)33)21(31-22(15)29-17-4-2-1-3-16(17)25)30-18-12-28-23(19-13(18)5-6-27-19)32-7-9-34-10-8-32/h5-6,11-12,16-17,27H,1-4,7-10,25H2,(H2,26,33)(H2,29,30,31)/t16-,17+/m0/s1. The second-order valence-corrected chi connectivity index (χ2v) is 8.76. The van der Waals surface area contributed by atoms with Crippen LogP contribution in [0.2, 0.25) is 0 Å². The highest BCUT2D eigenvalue weighted by Gasteiger charge is 2.25. The minimum Gasteiger partial charge on any atom is -0.378 e. The number of H-pyrrole nitrogens is 1. The first kappa shape index (κ1) is 22.4. The molecule has 1 saturated heterocycles. The van der Waals surface area contributed by atoms with Gasteiger partial charge in [-0.3, -0.25) is 4.79 Å². The minimum atomic E-state index is -0.780. The van der Waals surface area contributed by atoms with Crippen LogP contribution in [0.15, 0.2) is 24.5 Å². The Labute approximate surface area is 196 Å². The Kier molecular flexibility index (Phi) is 6.20. The van der Waals surface area contributed by atoms with Gasteiger partial charge in [-0.1, -0.05) is 12.8 Å². The lowest BCUT2D eigenvalue weighted by Gasteiger charge is -2.30. The lowest BCUT2D eigenvalue weighted by Crippen LogP contribution is -2.43. The van der Waals surface area contributed by atoms with Crippen LogP contribution in [0.1, 0.15) is 36.0 Å². The van der Waals surface area contributed by atoms with Crippen molar-refractivity contribution in [1.82, 2.24) is 15.0 Å². The van der Waals surface area contributed by atoms with Gasteiger partial charge in [0.05, 0.1) is 36.2 Å². The third kappa shape index (κ3) is 4.36. The maximum atomic E-state index is 14.8. The number of fused-ring (bicyclic) bond motifs is 1. The van der Waals surface area contributed by atoms with Crippen molar-refractivity contribution in [1.29, 1.82) is 0 Å². The first-order valence-electron chi connectivity index (χ1n) is 11.6. The Bertz CT molecular complexity index is 1190. The summed E-state index contributed by atoms with van der Waals surface area (Å²) in [6.45, 7) is 2.78. The normalized spacial score (nSPS) is 20.9. The third-order valence-electron chi connectivity index (χ3n) is 6.52. The zero-order valence-electron chi connectivity index (χ0n) is 18.8. The van der Waals surface area contributed by atoms with E-state index >= 15 is 0 Å². The van der Waals surface area contributed by atoms with E-state index in [1.54, 1.807) is 6.20 Å². The molecule has 7 N–H and O–H groups in total. The van der Waals surface area contributed by atoms with Crippen molar-refractivity contribution in [2.45, 2.75) is 37.8 Å². The molecule has 0 unspecified atom stereocenters. The number of ether oxygens (including phenoxy) is 1. The number of halogens is 1. The summed E-state index contributed by atoms with van der Waals surface area (Å²) in [5.74, 6) is -0.408. The maximum absolute atomic E-state index is 14.8. The van der Waals surface area contributed by atoms with E-state index in [4.69, 9.17) is 16.2 Å². The Balaban J connectivity index is 1.48. The highest BCUT2D eigenvalue weighted by molar-refractivity contribution is 6.02. The van der Waals surface area contributed by atoms with Crippen LogP contribution in [0.5, 0.6) is 0 Å². The number of pyridine rings is 2. The van der Waals surface area contributed by atoms with Crippen molar-refractivity contribution < 1.29 is 13.9 Å². The van der Waals surface area contributed by atoms with Gasteiger partial charge in [0.1, 0.15) is 5.82 Å². The van der Waals surface area contributed by atoms with Crippen LogP contribution >= 0.6 is 0 Å². The van der Waals surface area contributed by atoms with Gasteiger partial charge < -0.3 is 36.7 Å². The van der Waals surface area contributed by atoms with Gasteiger partial charge in [-0.2, -0.15) is 0 Å². The number of aromatic amines is 1. The summed E-state index contributed by atoms with van der Waals surface area (Å²) in [5.41, 5.74) is 13.2. The maximum Gasteiger partial charge on any atom is 0.252 e. The fraction of sp³-hybridized carbons (Fsp3) is 0.435. The average molecular weight is 469 g/mol. The van der Waals surface area contributed by atoms with E-state index in [9.17, 15) is 9.18 Å². The molecule has 10 nitrogen and oxygen atoms in total. The number of carbonyl (C=O) groups is 1. The molecule has 11 heteroatoms. The van der Waals surface area contributed by atoms with E-state index < -0.39 is 11.7 Å². The molecular weight excluding hydrogens is 439 g/mol. The number of aromatic nitrogens is 3. The molecule has 1 aliphatic carbocycles. The average Bonchev–Trinajstić information content (AvgIpc) is 3.33. The number of morpholine rings is 1. The molecule has 1 saturated carbocycles. The summed E-state index contributed by atoms with van der Waals surface area (Å²) in [5, 5.41) is 7.15. The Morgan fingerprint density at radius 1 is 1.24 bits per heavy atom. The predicted octanol–water partition coefficient (Wildman–Crippen LogP) is 2.46. The molecule has 0 aromatic carbocycles. The van der Waals surface area contributed by atoms with Crippen molar-refractivity contribution in [3.63, 3.8) is 0 Å². The zero-order valence-corrected chi connectivity index (χ0v) is 18.8. The number of carbonyl (C=O) groups excluding carboxylic acids is 1. The summed E-state index contributed by atoms with van der Waals surface area (Å²) < 4.78 is 20.3. The molecule has 5 rings (SSSR count). The predicted molar refractivity (Wildman–Crippen MR) is 129 cm³/mol. The van der Waals surface area contributed by atoms with E-state index in [0.29, 0.717) is 18.9 Å². The second-order valence-electron chi connectivity index (χ2n) is 8.76. The van der Waals surface area contributed by atoms with Gasteiger partial charge in [0.15, 0.2) is 17.5 Å². The zero-order chi connectivity index (χ0) is 23.7. The lowest BCUT2D eigenvalue weighted by atomic mass is 9.91. The molecule has 1 amide bonds. The molecule has 2 atom stereocenters. The van der Waals surface area contributed by atoms with E-state index in [-0.39, 0.29) is 29.3 Å². The SMILES string of the molecule is NC(=O)c1cc(F)c(N[C@@H]2CCCC[C@@H]2N)nc1Nc1cnc(N2CCOCC2)c2[nH]ccc12. The van der Waals surface area contributed by atoms with Crippen LogP contribution < -0.4 is 27.0 Å². The van der Waals surface area contributed by atoms with Gasteiger partial charge in [0, 0.05) is 36.8 Å². The molecule has 0 bridgehead atoms. The largest absolute Gasteiger partial charge is 0.378 e. The van der Waals surface area contributed by atoms with Crippen molar-refractivity contribution in [3.05, 3.63) is 35.9 Å². The molecule has 180 valence electrons. The monoisotopic (exact) mass is 468 g/mol. The van der Waals surface area contributed by atoms with E-state index in [0.717, 1.165) is 61.6 Å². The summed E-state index contributed by atoms with van der Waals surface area (Å²) in [6, 6.07) is 2.85. The van der Waals surface area contributed by atoms with Crippen LogP contribution in [-0.4, -0.2) is 59.2 Å². The van der Waals surface area contributed by atoms with Crippen LogP contribution in [-0.2, 0) is 4.74 Å². The number of amides is 1. The summed E-state index contributed by atoms with van der Waals surface area (Å²) in [7, 11) is 0. The molecule has 0 spiro atoms. The Morgan fingerprint density at radius 2 is 2.03 bits per heavy atom. The number of nitrogens with two attached hydrogens (primary N) is 2. The molecule has 2 fully saturated rings. The summed E-state index contributed by atoms with van der Waals surface area (Å²) in [4.78, 5) is 26.5. The molecule has 3 aromatic rings. The van der Waals surface area contributed by atoms with Gasteiger partial charge in [-0.15, -0.1) is 0 Å². The fourth-order valence-corrected chi connectivity index (χ4v) is 4.67. The van der Waals surface area contributed by atoms with Gasteiger partial charge >= 0.3 is 0 Å². The first-order chi connectivity index (χ1) is 16.5. The Hall–Kier alpha value is -3.44. The highest BCUT2D eigenvalue weighted by atomic mass is 19.1. The molecule has 34 heavy (non-hydrogen) atoms. The van der Waals surface area contributed by atoms with Gasteiger partial charge in [0.25, 0.3) is 5.91 Å². The number of nitrogens with zero attached hydrogens (tertiary/aromatic N) is 3. The molecule has 1 aliphatic heterocycles. The topological polar surface area (TPSA) is 147 Å². The Morgan fingerprint density at radius 3 is 2.79 bits per heavy atom. The molecule has 2 aliphatic rings. The number of hydrogen-bond donors (Lipinski definition) is 5. The van der Waals surface area contributed by atoms with Crippen LogP contribution in [0.25, 0.3) is 10.9 Å². The van der Waals surface area contributed by atoms with Gasteiger partial charge in [0.2, 0.25) is 0 Å². The van der Waals surface area contributed by atoms with Crippen LogP contribution in [0.3, 0.4) is 0 Å². The quantitative estimate of drug-likeness (QED) is 0.371. The highest BCUT2D eigenvalue weighted by Crippen LogP contribution is 2.33. The molecular formula is C23H29FN8O2. The van der Waals surface area contributed by atoms with Gasteiger partial charge in [-0.25, -0.2) is 14.4 Å². The number of anilines is 4. The van der Waals surface area contributed by atoms with Crippen molar-refractivity contribution in [2.24, 2.45) is 11.5 Å². The van der Waals surface area contributed by atoms with Crippen molar-refractivity contribution in [3.8, 4) is 0 Å². The molecule has 3 aromatic heterocycles. The van der Waals surface area contributed by atoms with E-state index in [1.165, 1.54) is 0 Å². The lowest BCUT2D eigenvalue weighted by molar-refractivity contribution is 0.100. The molecule has 4 heterocycles. The number of hydrogen-bond acceptors (Lipinski definition) is 8. The van der Waals surface area contributed by atoms with Crippen molar-refractivity contribution in [2.75, 3.05) is 41.8 Å². The van der Waals surface area contributed by atoms with Crippen molar-refractivity contribution >= 4 is 40.0 Å². The van der Waals surface area contributed by atoms with E-state index in [2.05, 4.69) is 30.5 Å². The molecule has 0 radical (unpaired) electrons. The number of rotatable bonds is 6. The third-order valence-corrected chi connectivity index (χ3v) is 6.52. The number of primary amides is 1.